The average Bonchev–Trinajstić information content (AvgIpc) is 2.83. The monoisotopic (exact) mass is 465 g/mol. The van der Waals surface area contributed by atoms with Crippen molar-refractivity contribution in [3.05, 3.63) is 57.1 Å². The maximum absolute atomic E-state index is 13.5. The molecule has 176 valence electrons. The lowest BCUT2D eigenvalue weighted by Crippen LogP contribution is -2.50. The molecule has 12 heteroatoms. The highest BCUT2D eigenvalue weighted by molar-refractivity contribution is 6.01. The van der Waals surface area contributed by atoms with E-state index < -0.39 is 34.1 Å². The Bertz CT molecular complexity index is 1100. The predicted molar refractivity (Wildman–Crippen MR) is 111 cm³/mol. The van der Waals surface area contributed by atoms with Gasteiger partial charge >= 0.3 is 5.69 Å². The fourth-order valence-corrected chi connectivity index (χ4v) is 3.58. The number of carbonyl (C=O) groups excluding carboxylic acids is 2. The summed E-state index contributed by atoms with van der Waals surface area (Å²) in [7, 11) is 3.82. The SMILES string of the molecule is COc1cc(C(=O)N2CCN(C(=O)c3ccc(F)c(F)c3)CC2)c([N+](=O)[O-])c(OC)c1OC. The van der Waals surface area contributed by atoms with Crippen LogP contribution in [-0.4, -0.2) is 74.0 Å². The van der Waals surface area contributed by atoms with Gasteiger partial charge in [-0.05, 0) is 18.2 Å². The Labute approximate surface area is 187 Å². The molecule has 0 bridgehead atoms. The van der Waals surface area contributed by atoms with Crippen LogP contribution in [-0.2, 0) is 0 Å². The molecule has 2 amide bonds. The molecule has 1 fully saturated rings. The molecular formula is C21H21F2N3O7. The minimum Gasteiger partial charge on any atom is -0.493 e. The number of carbonyl (C=O) groups is 2. The molecule has 0 aromatic heterocycles. The molecule has 1 heterocycles. The second kappa shape index (κ2) is 9.67. The zero-order valence-corrected chi connectivity index (χ0v) is 18.1. The number of nitro benzene ring substituents is 1. The van der Waals surface area contributed by atoms with Gasteiger partial charge in [0.05, 0.1) is 26.3 Å². The van der Waals surface area contributed by atoms with E-state index in [-0.39, 0.29) is 54.6 Å². The second-order valence-electron chi connectivity index (χ2n) is 7.01. The number of hydrogen-bond donors (Lipinski definition) is 0. The lowest BCUT2D eigenvalue weighted by atomic mass is 10.1. The molecule has 1 saturated heterocycles. The molecule has 33 heavy (non-hydrogen) atoms. The Balaban J connectivity index is 1.84. The minimum atomic E-state index is -1.13. The van der Waals surface area contributed by atoms with E-state index in [1.165, 1.54) is 43.3 Å². The summed E-state index contributed by atoms with van der Waals surface area (Å²) in [5.74, 6) is -3.56. The third-order valence-corrected chi connectivity index (χ3v) is 5.24. The number of hydrogen-bond acceptors (Lipinski definition) is 7. The maximum atomic E-state index is 13.5. The summed E-state index contributed by atoms with van der Waals surface area (Å²) >= 11 is 0. The number of rotatable bonds is 6. The Morgan fingerprint density at radius 2 is 1.45 bits per heavy atom. The fraction of sp³-hybridized carbons (Fsp3) is 0.333. The van der Waals surface area contributed by atoms with Gasteiger partial charge in [0.15, 0.2) is 17.4 Å². The Kier molecular flexibility index (Phi) is 6.95. The summed E-state index contributed by atoms with van der Waals surface area (Å²) < 4.78 is 42.1. The molecular weight excluding hydrogens is 444 g/mol. The summed E-state index contributed by atoms with van der Waals surface area (Å²) in [5.41, 5.74) is -0.843. The van der Waals surface area contributed by atoms with Gasteiger partial charge in [0.1, 0.15) is 5.56 Å². The van der Waals surface area contributed by atoms with Crippen molar-refractivity contribution in [2.24, 2.45) is 0 Å². The zero-order chi connectivity index (χ0) is 24.3. The van der Waals surface area contributed by atoms with Gasteiger partial charge in [0.2, 0.25) is 11.5 Å². The van der Waals surface area contributed by atoms with Crippen LogP contribution >= 0.6 is 0 Å². The van der Waals surface area contributed by atoms with Crippen molar-refractivity contribution in [1.29, 1.82) is 0 Å². The van der Waals surface area contributed by atoms with Gasteiger partial charge in [-0.25, -0.2) is 8.78 Å². The molecule has 3 rings (SSSR count). The standard InChI is InChI=1S/C21H21F2N3O7/c1-31-16-11-13(17(26(29)30)19(33-3)18(16)32-2)21(28)25-8-6-24(7-9-25)20(27)12-4-5-14(22)15(23)10-12/h4-5,10-11H,6-9H2,1-3H3. The van der Waals surface area contributed by atoms with Gasteiger partial charge in [0.25, 0.3) is 11.8 Å². The van der Waals surface area contributed by atoms with E-state index in [0.717, 1.165) is 12.1 Å². The molecule has 0 N–H and O–H groups in total. The smallest absolute Gasteiger partial charge is 0.327 e. The van der Waals surface area contributed by atoms with Crippen molar-refractivity contribution >= 4 is 17.5 Å². The Morgan fingerprint density at radius 3 is 1.94 bits per heavy atom. The Morgan fingerprint density at radius 1 is 0.879 bits per heavy atom. The van der Waals surface area contributed by atoms with E-state index in [0.29, 0.717) is 0 Å². The number of nitrogens with zero attached hydrogens (tertiary/aromatic N) is 3. The minimum absolute atomic E-state index is 0.0195. The van der Waals surface area contributed by atoms with Crippen LogP contribution < -0.4 is 14.2 Å². The molecule has 0 aliphatic carbocycles. The molecule has 0 unspecified atom stereocenters. The quantitative estimate of drug-likeness (QED) is 0.476. The Hall–Kier alpha value is -3.96. The number of nitro groups is 1. The molecule has 1 aliphatic heterocycles. The first-order chi connectivity index (χ1) is 15.7. The van der Waals surface area contributed by atoms with Crippen molar-refractivity contribution in [1.82, 2.24) is 9.80 Å². The number of ether oxygens (including phenoxy) is 3. The van der Waals surface area contributed by atoms with Gasteiger partial charge in [-0.15, -0.1) is 0 Å². The maximum Gasteiger partial charge on any atom is 0.327 e. The lowest BCUT2D eigenvalue weighted by molar-refractivity contribution is -0.386. The summed E-state index contributed by atoms with van der Waals surface area (Å²) in [4.78, 5) is 39.5. The third-order valence-electron chi connectivity index (χ3n) is 5.24. The van der Waals surface area contributed by atoms with E-state index in [1.807, 2.05) is 0 Å². The zero-order valence-electron chi connectivity index (χ0n) is 18.1. The van der Waals surface area contributed by atoms with E-state index in [4.69, 9.17) is 14.2 Å². The highest BCUT2D eigenvalue weighted by Gasteiger charge is 2.35. The van der Waals surface area contributed by atoms with E-state index in [9.17, 15) is 28.5 Å². The first kappa shape index (κ1) is 23.7. The van der Waals surface area contributed by atoms with Gasteiger partial charge in [-0.1, -0.05) is 0 Å². The third kappa shape index (κ3) is 4.49. The van der Waals surface area contributed by atoms with Crippen LogP contribution in [0.1, 0.15) is 20.7 Å². The van der Waals surface area contributed by atoms with Crippen LogP contribution in [0.4, 0.5) is 14.5 Å². The van der Waals surface area contributed by atoms with Gasteiger partial charge < -0.3 is 24.0 Å². The average molecular weight is 465 g/mol. The summed E-state index contributed by atoms with van der Waals surface area (Å²) in [6, 6.07) is 4.07. The highest BCUT2D eigenvalue weighted by Crippen LogP contribution is 2.46. The van der Waals surface area contributed by atoms with E-state index >= 15 is 0 Å². The van der Waals surface area contributed by atoms with Crippen LogP contribution in [0, 0.1) is 21.7 Å². The van der Waals surface area contributed by atoms with Crippen molar-refractivity contribution in [3.63, 3.8) is 0 Å². The summed E-state index contributed by atoms with van der Waals surface area (Å²) in [6.45, 7) is 0.341. The van der Waals surface area contributed by atoms with E-state index in [1.54, 1.807) is 0 Å². The van der Waals surface area contributed by atoms with Crippen LogP contribution in [0.2, 0.25) is 0 Å². The van der Waals surface area contributed by atoms with Crippen LogP contribution in [0.5, 0.6) is 17.2 Å². The van der Waals surface area contributed by atoms with Gasteiger partial charge in [0, 0.05) is 37.8 Å². The van der Waals surface area contributed by atoms with Crippen molar-refractivity contribution < 1.29 is 37.5 Å². The largest absolute Gasteiger partial charge is 0.493 e. The molecule has 0 saturated carbocycles. The number of methoxy groups -OCH3 is 3. The first-order valence-corrected chi connectivity index (χ1v) is 9.74. The molecule has 0 atom stereocenters. The first-order valence-electron chi connectivity index (χ1n) is 9.74. The van der Waals surface area contributed by atoms with Gasteiger partial charge in [-0.2, -0.15) is 0 Å². The van der Waals surface area contributed by atoms with Crippen LogP contribution in [0.25, 0.3) is 0 Å². The number of piperazine rings is 1. The van der Waals surface area contributed by atoms with E-state index in [2.05, 4.69) is 0 Å². The van der Waals surface area contributed by atoms with Crippen LogP contribution in [0.3, 0.4) is 0 Å². The lowest BCUT2D eigenvalue weighted by Gasteiger charge is -2.35. The highest BCUT2D eigenvalue weighted by atomic mass is 19.2. The topological polar surface area (TPSA) is 111 Å². The normalized spacial score (nSPS) is 13.5. The van der Waals surface area contributed by atoms with Crippen molar-refractivity contribution in [2.75, 3.05) is 47.5 Å². The molecule has 1 aliphatic rings. The summed E-state index contributed by atoms with van der Waals surface area (Å²) in [6.07, 6.45) is 0. The number of halogens is 2. The predicted octanol–water partition coefficient (Wildman–Crippen LogP) is 2.50. The summed E-state index contributed by atoms with van der Waals surface area (Å²) in [5, 5.41) is 11.8. The molecule has 2 aromatic carbocycles. The van der Waals surface area contributed by atoms with Crippen molar-refractivity contribution in [3.8, 4) is 17.2 Å². The van der Waals surface area contributed by atoms with Crippen LogP contribution in [0.15, 0.2) is 24.3 Å². The number of benzene rings is 2. The molecule has 2 aromatic rings. The van der Waals surface area contributed by atoms with Gasteiger partial charge in [-0.3, -0.25) is 19.7 Å². The molecule has 10 nitrogen and oxygen atoms in total. The molecule has 0 radical (unpaired) electrons. The molecule has 0 spiro atoms. The fourth-order valence-electron chi connectivity index (χ4n) is 3.58. The van der Waals surface area contributed by atoms with Crippen molar-refractivity contribution in [2.45, 2.75) is 0 Å². The number of amides is 2. The second-order valence-corrected chi connectivity index (χ2v) is 7.01.